The molecule has 0 aliphatic carbocycles. The number of amides is 4. The normalized spacial score (nSPS) is 21.6. The largest absolute Gasteiger partial charge is 1.00 e. The number of hydrogen-bond donors (Lipinski definition) is 8. The van der Waals surface area contributed by atoms with Gasteiger partial charge in [0.1, 0.15) is 17.1 Å². The van der Waals surface area contributed by atoms with Gasteiger partial charge in [0, 0.05) is 41.5 Å². The fourth-order valence-corrected chi connectivity index (χ4v) is 8.84. The maximum atomic E-state index is 13.6. The number of phenolic OH excluding ortho intramolecular Hbond substituents is 2. The zero-order valence-electron chi connectivity index (χ0n) is 30.1. The van der Waals surface area contributed by atoms with Crippen molar-refractivity contribution in [2.45, 2.75) is 30.9 Å². The molecular formula is C31H34N11NaO10S3. The Kier molecular flexibility index (Phi) is 12.8. The van der Waals surface area contributed by atoms with E-state index in [2.05, 4.69) is 36.8 Å². The number of aliphatic hydroxyl groups excluding tert-OH is 1. The van der Waals surface area contributed by atoms with Crippen molar-refractivity contribution in [2.75, 3.05) is 37.4 Å². The van der Waals surface area contributed by atoms with Gasteiger partial charge in [-0.15, -0.1) is 40.4 Å². The van der Waals surface area contributed by atoms with E-state index in [4.69, 9.17) is 10.6 Å². The Morgan fingerprint density at radius 1 is 1.23 bits per heavy atom. The Hall–Kier alpha value is -4.56. The van der Waals surface area contributed by atoms with Crippen molar-refractivity contribution in [3.8, 4) is 11.5 Å². The smallest absolute Gasteiger partial charge is 0.549 e. The van der Waals surface area contributed by atoms with Crippen molar-refractivity contribution in [1.82, 2.24) is 41.6 Å². The molecule has 21 nitrogen and oxygen atoms in total. The van der Waals surface area contributed by atoms with E-state index < -0.39 is 69.2 Å². The van der Waals surface area contributed by atoms with E-state index in [0.717, 1.165) is 35.2 Å². The third-order valence-corrected chi connectivity index (χ3v) is 12.1. The number of anilines is 1. The number of hydrogen-bond acceptors (Lipinski definition) is 20. The number of oxime groups is 1. The number of aliphatic carboxylic acids is 1. The molecule has 1 aromatic heterocycles. The number of hydrazine groups is 3. The molecule has 2 aromatic rings. The number of fused-ring (bicyclic) bond motifs is 2. The number of carbonyl (C=O) groups is 5. The van der Waals surface area contributed by atoms with Crippen molar-refractivity contribution in [3.05, 3.63) is 58.0 Å². The van der Waals surface area contributed by atoms with Crippen LogP contribution in [0.5, 0.6) is 11.5 Å². The second-order valence-corrected chi connectivity index (χ2v) is 16.0. The number of carboxylic acids is 1. The zero-order chi connectivity index (χ0) is 39.8. The van der Waals surface area contributed by atoms with Crippen LogP contribution in [0, 0.1) is 5.41 Å². The summed E-state index contributed by atoms with van der Waals surface area (Å²) in [5.74, 6) is -4.93. The molecular weight excluding hydrogens is 806 g/mol. The van der Waals surface area contributed by atoms with E-state index in [1.54, 1.807) is 29.3 Å². The Morgan fingerprint density at radius 3 is 2.64 bits per heavy atom. The summed E-state index contributed by atoms with van der Waals surface area (Å²) in [4.78, 5) is 80.3. The average molecular weight is 840 g/mol. The van der Waals surface area contributed by atoms with E-state index in [9.17, 15) is 44.4 Å². The molecule has 0 saturated carbocycles. The number of phenols is 2. The first-order valence-electron chi connectivity index (χ1n) is 16.1. The summed E-state index contributed by atoms with van der Waals surface area (Å²) in [6.07, 6.45) is 3.33. The number of β-lactam (4-membered cyclic amide) rings is 1. The standard InChI is InChI=1S/C31H35N11O10S3.Na/c1-30(2,27(49)37-36-23(46)14-4-5-17(44)18(45)6-14)52-38-21(16-10-53-29(32)34-16)24(47)35-22-25(48)41-11-31(28(50)51,13-55-26(22)41)12-54-20-7-15(9-43)33-19-8-40(3)39-42(19)20;/h4-8,10,22,26,39,43-45H,9,11-13H2,1-3H3,(H2,32,34)(H,35,47)(H,36,46)(H,37,49)(H,50,51);/q;+1/p-1/t22?,26-,31?;/m1./s1. The predicted octanol–water partition coefficient (Wildman–Crippen LogP) is -5.28. The maximum Gasteiger partial charge on any atom is 1.00 e. The number of benzene rings is 1. The van der Waals surface area contributed by atoms with Crippen molar-refractivity contribution in [2.24, 2.45) is 15.6 Å². The monoisotopic (exact) mass is 839 g/mol. The Balaban J connectivity index is 0.00000600. The summed E-state index contributed by atoms with van der Waals surface area (Å²) in [6, 6.07) is 2.22. The summed E-state index contributed by atoms with van der Waals surface area (Å²) in [5.41, 5.74) is 9.74. The molecule has 0 spiro atoms. The van der Waals surface area contributed by atoms with E-state index in [1.165, 1.54) is 42.0 Å². The first-order chi connectivity index (χ1) is 26.0. The van der Waals surface area contributed by atoms with Crippen molar-refractivity contribution in [3.63, 3.8) is 0 Å². The van der Waals surface area contributed by atoms with Crippen LogP contribution in [0.3, 0.4) is 0 Å². The van der Waals surface area contributed by atoms with Crippen molar-refractivity contribution >= 4 is 81.0 Å². The molecule has 25 heteroatoms. The number of carbonyl (C=O) groups excluding carboxylic acids is 5. The number of carboxylic acid groups (broad SMARTS) is 1. The second kappa shape index (κ2) is 16.9. The van der Waals surface area contributed by atoms with Crippen LogP contribution in [0.2, 0.25) is 0 Å². The number of aromatic nitrogens is 1. The van der Waals surface area contributed by atoms with Gasteiger partial charge in [-0.3, -0.25) is 35.0 Å². The van der Waals surface area contributed by atoms with Gasteiger partial charge in [-0.05, 0) is 38.1 Å². The summed E-state index contributed by atoms with van der Waals surface area (Å²) in [5, 5.41) is 52.7. The van der Waals surface area contributed by atoms with Crippen molar-refractivity contribution in [1.29, 1.82) is 0 Å². The maximum absolute atomic E-state index is 13.6. The van der Waals surface area contributed by atoms with Gasteiger partial charge in [-0.25, -0.2) is 15.0 Å². The molecule has 5 heterocycles. The molecule has 0 bridgehead atoms. The summed E-state index contributed by atoms with van der Waals surface area (Å²) < 4.78 is 0. The van der Waals surface area contributed by atoms with E-state index >= 15 is 0 Å². The number of thioether (sulfide) groups is 2. The third kappa shape index (κ3) is 8.71. The average Bonchev–Trinajstić information content (AvgIpc) is 3.76. The van der Waals surface area contributed by atoms with Crippen LogP contribution in [-0.2, 0) is 24.0 Å². The second-order valence-electron chi connectivity index (χ2n) is 13.0. The van der Waals surface area contributed by atoms with Gasteiger partial charge >= 0.3 is 29.6 Å². The minimum atomic E-state index is -1.80. The fraction of sp³-hybridized carbons (Fsp3) is 0.355. The molecule has 3 atom stereocenters. The molecule has 4 aliphatic heterocycles. The number of aliphatic hydroxyl groups is 1. The minimum Gasteiger partial charge on any atom is -0.549 e. The number of nitrogens with zero attached hydrogens (tertiary/aromatic N) is 6. The summed E-state index contributed by atoms with van der Waals surface area (Å²) >= 11 is 3.35. The number of aliphatic imine (C=N–C) groups is 1. The Labute approximate surface area is 352 Å². The summed E-state index contributed by atoms with van der Waals surface area (Å²) in [7, 11) is 1.75. The molecule has 2 unspecified atom stereocenters. The van der Waals surface area contributed by atoms with Gasteiger partial charge in [0.05, 0.1) is 29.5 Å². The molecule has 9 N–H and O–H groups in total. The number of nitrogen functional groups attached to an aromatic ring is 1. The molecule has 0 radical (unpaired) electrons. The minimum absolute atomic E-state index is 0. The number of thiazole rings is 1. The molecule has 1 aromatic carbocycles. The van der Waals surface area contributed by atoms with E-state index in [0.29, 0.717) is 16.6 Å². The molecule has 2 saturated heterocycles. The Bertz CT molecular complexity index is 2080. The number of rotatable bonds is 12. The number of nitrogens with two attached hydrogens (primary N) is 1. The molecule has 4 amide bonds. The van der Waals surface area contributed by atoms with Gasteiger partial charge < -0.3 is 46.0 Å². The van der Waals surface area contributed by atoms with Crippen LogP contribution in [0.15, 0.2) is 56.9 Å². The first-order valence-corrected chi connectivity index (χ1v) is 19.0. The molecule has 292 valence electrons. The first kappa shape index (κ1) is 42.6. The van der Waals surface area contributed by atoms with Crippen LogP contribution in [0.4, 0.5) is 5.13 Å². The van der Waals surface area contributed by atoms with Crippen LogP contribution in [0.25, 0.3) is 0 Å². The molecule has 4 aliphatic rings. The van der Waals surface area contributed by atoms with E-state index in [-0.39, 0.29) is 70.6 Å². The quantitative estimate of drug-likeness (QED) is 0.0326. The Morgan fingerprint density at radius 2 is 1.98 bits per heavy atom. The van der Waals surface area contributed by atoms with Gasteiger partial charge in [-0.1, -0.05) is 5.16 Å². The number of nitrogens with one attached hydrogen (secondary N) is 4. The van der Waals surface area contributed by atoms with Crippen LogP contribution >= 0.6 is 34.9 Å². The third-order valence-electron chi connectivity index (χ3n) is 8.51. The van der Waals surface area contributed by atoms with Gasteiger partial charge in [0.25, 0.3) is 17.7 Å². The molecule has 6 rings (SSSR count). The predicted molar refractivity (Wildman–Crippen MR) is 197 cm³/mol. The summed E-state index contributed by atoms with van der Waals surface area (Å²) in [6.45, 7) is 2.08. The topological polar surface area (TPSA) is 300 Å². The van der Waals surface area contributed by atoms with Gasteiger partial charge in [-0.2, -0.15) is 0 Å². The van der Waals surface area contributed by atoms with Gasteiger partial charge in [0.2, 0.25) is 11.5 Å². The SMILES string of the molecule is CN1C=C2N=C(CO)C=C(SCC3(C(=O)[O-])CS[C@@H]4C(NC(=O)C(=NOC(C)(C)C(=O)NNC(=O)c5ccc(O)c(O)c5)c5csc(N)n5)C(=O)N4C3)N2N1.[Na+]. The van der Waals surface area contributed by atoms with Gasteiger partial charge in [0.15, 0.2) is 28.2 Å². The zero-order valence-corrected chi connectivity index (χ0v) is 34.6. The van der Waals surface area contributed by atoms with Crippen molar-refractivity contribution < 1.29 is 78.8 Å². The molecule has 2 fully saturated rings. The molecule has 56 heavy (non-hydrogen) atoms. The van der Waals surface area contributed by atoms with Crippen LogP contribution < -0.4 is 62.1 Å². The van der Waals surface area contributed by atoms with Crippen LogP contribution in [-0.4, -0.2) is 125 Å². The number of aromatic hydroxyl groups is 2. The van der Waals surface area contributed by atoms with Crippen LogP contribution in [0.1, 0.15) is 29.9 Å². The fourth-order valence-electron chi connectivity index (χ4n) is 5.41. The van der Waals surface area contributed by atoms with E-state index in [1.807, 2.05) is 0 Å².